The molecule has 0 aromatic heterocycles. The third-order valence-corrected chi connectivity index (χ3v) is 3.98. The molecule has 1 amide bonds. The number of anilines is 1. The van der Waals surface area contributed by atoms with Crippen LogP contribution in [-0.2, 0) is 0 Å². The number of rotatable bonds is 3. The van der Waals surface area contributed by atoms with Crippen molar-refractivity contribution in [2.75, 3.05) is 25.5 Å². The van der Waals surface area contributed by atoms with Crippen LogP contribution in [0.2, 0.25) is 0 Å². The number of benzene rings is 1. The number of nitrogens with zero attached hydrogens (tertiary/aromatic N) is 1. The van der Waals surface area contributed by atoms with Crippen LogP contribution in [0.15, 0.2) is 24.3 Å². The molecule has 1 saturated heterocycles. The van der Waals surface area contributed by atoms with Gasteiger partial charge in [0, 0.05) is 12.7 Å². The van der Waals surface area contributed by atoms with Gasteiger partial charge in [-0.15, -0.1) is 0 Å². The molecule has 1 aromatic rings. The van der Waals surface area contributed by atoms with E-state index in [1.807, 2.05) is 31.3 Å². The highest BCUT2D eigenvalue weighted by Gasteiger charge is 2.53. The van der Waals surface area contributed by atoms with Crippen LogP contribution in [0.4, 0.5) is 5.69 Å². The zero-order chi connectivity index (χ0) is 12.8. The summed E-state index contributed by atoms with van der Waals surface area (Å²) in [6.07, 6.45) is 2.21. The molecule has 0 bridgehead atoms. The Morgan fingerprint density at radius 1 is 1.39 bits per heavy atom. The summed E-state index contributed by atoms with van der Waals surface area (Å²) >= 11 is 0. The molecule has 1 aliphatic carbocycles. The first kappa shape index (κ1) is 11.5. The minimum atomic E-state index is -0.607. The van der Waals surface area contributed by atoms with E-state index in [-0.39, 0.29) is 5.91 Å². The van der Waals surface area contributed by atoms with Gasteiger partial charge in [-0.1, -0.05) is 12.1 Å². The first-order valence-electron chi connectivity index (χ1n) is 6.42. The average Bonchev–Trinajstić information content (AvgIpc) is 3.18. The quantitative estimate of drug-likeness (QED) is 0.846. The monoisotopic (exact) mass is 246 g/mol. The third-order valence-electron chi connectivity index (χ3n) is 3.98. The van der Waals surface area contributed by atoms with Gasteiger partial charge < -0.3 is 15.3 Å². The lowest BCUT2D eigenvalue weighted by Gasteiger charge is -2.47. The molecule has 1 aromatic carbocycles. The molecule has 3 rings (SSSR count). The summed E-state index contributed by atoms with van der Waals surface area (Å²) in [6.45, 7) is 0.961. The molecular weight excluding hydrogens is 228 g/mol. The standard InChI is InChI=1S/C14H18N2O2/c1-15-12-5-3-2-4-11(12)13(17)16-8-14(18,9-16)10-6-7-10/h2-5,10,15,18H,6-9H2,1H3. The van der Waals surface area contributed by atoms with Crippen molar-refractivity contribution in [2.45, 2.75) is 18.4 Å². The number of hydrogen-bond donors (Lipinski definition) is 2. The van der Waals surface area contributed by atoms with Crippen molar-refractivity contribution in [3.63, 3.8) is 0 Å². The first-order chi connectivity index (χ1) is 8.64. The van der Waals surface area contributed by atoms with Gasteiger partial charge in [0.15, 0.2) is 0 Å². The average molecular weight is 246 g/mol. The number of likely N-dealkylation sites (tertiary alicyclic amines) is 1. The summed E-state index contributed by atoms with van der Waals surface area (Å²) in [6, 6.07) is 7.48. The molecule has 1 saturated carbocycles. The predicted octanol–water partition coefficient (Wildman–Crippen LogP) is 1.33. The zero-order valence-corrected chi connectivity index (χ0v) is 10.5. The number of para-hydroxylation sites is 1. The number of hydrogen-bond acceptors (Lipinski definition) is 3. The minimum Gasteiger partial charge on any atom is -0.387 e. The van der Waals surface area contributed by atoms with E-state index in [0.29, 0.717) is 24.6 Å². The smallest absolute Gasteiger partial charge is 0.256 e. The molecule has 2 N–H and O–H groups in total. The van der Waals surface area contributed by atoms with Crippen LogP contribution in [0.5, 0.6) is 0 Å². The van der Waals surface area contributed by atoms with Crippen LogP contribution >= 0.6 is 0 Å². The third kappa shape index (κ3) is 1.77. The molecule has 4 heteroatoms. The van der Waals surface area contributed by atoms with Crippen molar-refractivity contribution in [1.82, 2.24) is 4.90 Å². The van der Waals surface area contributed by atoms with Crippen molar-refractivity contribution < 1.29 is 9.90 Å². The Morgan fingerprint density at radius 2 is 2.06 bits per heavy atom. The Hall–Kier alpha value is -1.55. The van der Waals surface area contributed by atoms with E-state index in [1.54, 1.807) is 4.90 Å². The van der Waals surface area contributed by atoms with E-state index >= 15 is 0 Å². The summed E-state index contributed by atoms with van der Waals surface area (Å²) in [7, 11) is 1.81. The van der Waals surface area contributed by atoms with Crippen molar-refractivity contribution in [3.8, 4) is 0 Å². The molecule has 18 heavy (non-hydrogen) atoms. The Bertz CT molecular complexity index is 476. The topological polar surface area (TPSA) is 52.6 Å². The molecule has 0 unspecified atom stereocenters. The largest absolute Gasteiger partial charge is 0.387 e. The molecule has 0 radical (unpaired) electrons. The Morgan fingerprint density at radius 3 is 2.67 bits per heavy atom. The van der Waals surface area contributed by atoms with Crippen LogP contribution < -0.4 is 5.32 Å². The Kier molecular flexibility index (Phi) is 2.55. The van der Waals surface area contributed by atoms with Gasteiger partial charge >= 0.3 is 0 Å². The van der Waals surface area contributed by atoms with Crippen LogP contribution in [0.25, 0.3) is 0 Å². The van der Waals surface area contributed by atoms with E-state index in [4.69, 9.17) is 0 Å². The Balaban J connectivity index is 1.72. The number of nitrogens with one attached hydrogen (secondary N) is 1. The fourth-order valence-electron chi connectivity index (χ4n) is 2.70. The van der Waals surface area contributed by atoms with Gasteiger partial charge in [0.25, 0.3) is 5.91 Å². The van der Waals surface area contributed by atoms with Crippen LogP contribution in [0.1, 0.15) is 23.2 Å². The maximum Gasteiger partial charge on any atom is 0.256 e. The Labute approximate surface area is 107 Å². The molecular formula is C14H18N2O2. The molecule has 2 aliphatic rings. The molecule has 2 fully saturated rings. The molecule has 0 spiro atoms. The highest BCUT2D eigenvalue weighted by molar-refractivity contribution is 6.00. The summed E-state index contributed by atoms with van der Waals surface area (Å²) < 4.78 is 0. The van der Waals surface area contributed by atoms with Crippen molar-refractivity contribution in [2.24, 2.45) is 5.92 Å². The van der Waals surface area contributed by atoms with Crippen LogP contribution in [0.3, 0.4) is 0 Å². The lowest BCUT2D eigenvalue weighted by atomic mass is 9.88. The van der Waals surface area contributed by atoms with Gasteiger partial charge in [0.05, 0.1) is 18.7 Å². The predicted molar refractivity (Wildman–Crippen MR) is 69.6 cm³/mol. The summed E-state index contributed by atoms with van der Waals surface area (Å²) in [5, 5.41) is 13.3. The van der Waals surface area contributed by atoms with Gasteiger partial charge in [0.2, 0.25) is 0 Å². The van der Waals surface area contributed by atoms with E-state index in [1.165, 1.54) is 0 Å². The molecule has 4 nitrogen and oxygen atoms in total. The number of β-amino-alcohol motifs (C(OH)–C–C–N with tert-alkyl or cyclic N) is 1. The normalized spacial score (nSPS) is 21.3. The second kappa shape index (κ2) is 3.99. The highest BCUT2D eigenvalue weighted by Crippen LogP contribution is 2.44. The second-order valence-corrected chi connectivity index (χ2v) is 5.33. The molecule has 1 heterocycles. The van der Waals surface area contributed by atoms with E-state index in [0.717, 1.165) is 18.5 Å². The lowest BCUT2D eigenvalue weighted by molar-refractivity contribution is -0.0957. The second-order valence-electron chi connectivity index (χ2n) is 5.33. The lowest BCUT2D eigenvalue weighted by Crippen LogP contribution is -2.64. The minimum absolute atomic E-state index is 0.00488. The van der Waals surface area contributed by atoms with Gasteiger partial charge in [-0.05, 0) is 30.9 Å². The van der Waals surface area contributed by atoms with Gasteiger partial charge in [-0.25, -0.2) is 0 Å². The zero-order valence-electron chi connectivity index (χ0n) is 10.5. The molecule has 0 atom stereocenters. The van der Waals surface area contributed by atoms with Gasteiger partial charge in [0.1, 0.15) is 5.60 Å². The first-order valence-corrected chi connectivity index (χ1v) is 6.42. The highest BCUT2D eigenvalue weighted by atomic mass is 16.3. The van der Waals surface area contributed by atoms with Crippen LogP contribution in [-0.4, -0.2) is 41.7 Å². The van der Waals surface area contributed by atoms with Crippen molar-refractivity contribution in [1.29, 1.82) is 0 Å². The number of amides is 1. The van der Waals surface area contributed by atoms with Gasteiger partial charge in [-0.3, -0.25) is 4.79 Å². The van der Waals surface area contributed by atoms with Crippen molar-refractivity contribution >= 4 is 11.6 Å². The molecule has 1 aliphatic heterocycles. The van der Waals surface area contributed by atoms with E-state index in [2.05, 4.69) is 5.32 Å². The van der Waals surface area contributed by atoms with E-state index in [9.17, 15) is 9.90 Å². The van der Waals surface area contributed by atoms with Crippen LogP contribution in [0, 0.1) is 5.92 Å². The van der Waals surface area contributed by atoms with E-state index < -0.39 is 5.60 Å². The summed E-state index contributed by atoms with van der Waals surface area (Å²) in [4.78, 5) is 14.0. The number of carbonyl (C=O) groups is 1. The summed E-state index contributed by atoms with van der Waals surface area (Å²) in [5.41, 5.74) is 0.909. The maximum atomic E-state index is 12.3. The summed E-state index contributed by atoms with van der Waals surface area (Å²) in [5.74, 6) is 0.423. The number of aliphatic hydroxyl groups is 1. The SMILES string of the molecule is CNc1ccccc1C(=O)N1CC(O)(C2CC2)C1. The number of carbonyl (C=O) groups excluding carboxylic acids is 1. The fourth-order valence-corrected chi connectivity index (χ4v) is 2.70. The van der Waals surface area contributed by atoms with Crippen molar-refractivity contribution in [3.05, 3.63) is 29.8 Å². The molecule has 96 valence electrons. The van der Waals surface area contributed by atoms with Gasteiger partial charge in [-0.2, -0.15) is 0 Å². The maximum absolute atomic E-state index is 12.3. The fraction of sp³-hybridized carbons (Fsp3) is 0.500.